The van der Waals surface area contributed by atoms with Gasteiger partial charge >= 0.3 is 0 Å². The molecular formula is C22H28N2O3S. The predicted molar refractivity (Wildman–Crippen MR) is 112 cm³/mol. The van der Waals surface area contributed by atoms with E-state index in [1.807, 2.05) is 39.0 Å². The van der Waals surface area contributed by atoms with Crippen LogP contribution in [0.15, 0.2) is 47.4 Å². The predicted octanol–water partition coefficient (Wildman–Crippen LogP) is 4.37. The number of para-hydroxylation sites is 1. The molecule has 1 aliphatic heterocycles. The number of piperidine rings is 1. The number of hydrogen-bond acceptors (Lipinski definition) is 3. The number of carbonyl (C=O) groups is 1. The lowest BCUT2D eigenvalue weighted by molar-refractivity contribution is 0.102. The van der Waals surface area contributed by atoms with Crippen molar-refractivity contribution < 1.29 is 13.2 Å². The van der Waals surface area contributed by atoms with Crippen molar-refractivity contribution in [2.75, 3.05) is 11.9 Å². The van der Waals surface area contributed by atoms with E-state index in [2.05, 4.69) is 5.32 Å². The van der Waals surface area contributed by atoms with Gasteiger partial charge in [0.05, 0.1) is 4.90 Å². The Balaban J connectivity index is 1.80. The Morgan fingerprint density at radius 2 is 1.86 bits per heavy atom. The zero-order chi connectivity index (χ0) is 20.3. The van der Waals surface area contributed by atoms with Crippen LogP contribution in [0.25, 0.3) is 0 Å². The van der Waals surface area contributed by atoms with Crippen LogP contribution in [-0.2, 0) is 16.4 Å². The average molecular weight is 401 g/mol. The molecule has 1 heterocycles. The highest BCUT2D eigenvalue weighted by atomic mass is 32.2. The average Bonchev–Trinajstić information content (AvgIpc) is 2.69. The fourth-order valence-corrected chi connectivity index (χ4v) is 5.43. The van der Waals surface area contributed by atoms with Crippen LogP contribution in [0.2, 0.25) is 0 Å². The van der Waals surface area contributed by atoms with Gasteiger partial charge in [0.2, 0.25) is 10.0 Å². The Hall–Kier alpha value is -2.18. The van der Waals surface area contributed by atoms with Gasteiger partial charge in [0.25, 0.3) is 5.91 Å². The number of anilines is 1. The van der Waals surface area contributed by atoms with Crippen LogP contribution < -0.4 is 5.32 Å². The first-order valence-corrected chi connectivity index (χ1v) is 11.3. The van der Waals surface area contributed by atoms with Crippen molar-refractivity contribution >= 4 is 21.6 Å². The molecule has 1 N–H and O–H groups in total. The van der Waals surface area contributed by atoms with Crippen molar-refractivity contribution in [3.8, 4) is 0 Å². The molecule has 6 heteroatoms. The SMILES string of the molecule is CCc1cccc(C)c1NC(=O)c1ccc(S(=O)(=O)N2CCCC[C@H]2C)cc1. The van der Waals surface area contributed by atoms with E-state index in [9.17, 15) is 13.2 Å². The number of aryl methyl sites for hydroxylation is 2. The summed E-state index contributed by atoms with van der Waals surface area (Å²) in [6.45, 7) is 6.51. The highest BCUT2D eigenvalue weighted by Gasteiger charge is 2.30. The summed E-state index contributed by atoms with van der Waals surface area (Å²) in [6, 6.07) is 12.2. The molecular weight excluding hydrogens is 372 g/mol. The number of hydrogen-bond donors (Lipinski definition) is 1. The number of benzene rings is 2. The molecule has 1 saturated heterocycles. The van der Waals surface area contributed by atoms with Gasteiger partial charge in [-0.2, -0.15) is 4.31 Å². The molecule has 3 rings (SSSR count). The maximum absolute atomic E-state index is 12.9. The minimum atomic E-state index is -3.53. The minimum absolute atomic E-state index is 0.00949. The molecule has 150 valence electrons. The van der Waals surface area contributed by atoms with Crippen molar-refractivity contribution in [1.29, 1.82) is 0 Å². The molecule has 1 fully saturated rings. The molecule has 1 aliphatic rings. The quantitative estimate of drug-likeness (QED) is 0.810. The molecule has 0 bridgehead atoms. The highest BCUT2D eigenvalue weighted by Crippen LogP contribution is 2.26. The van der Waals surface area contributed by atoms with Crippen molar-refractivity contribution in [3.63, 3.8) is 0 Å². The summed E-state index contributed by atoms with van der Waals surface area (Å²) in [7, 11) is -3.53. The number of amides is 1. The van der Waals surface area contributed by atoms with Crippen LogP contribution in [0, 0.1) is 6.92 Å². The zero-order valence-electron chi connectivity index (χ0n) is 16.7. The Labute approximate surface area is 167 Å². The monoisotopic (exact) mass is 400 g/mol. The number of carbonyl (C=O) groups excluding carboxylic acids is 1. The molecule has 2 aromatic carbocycles. The van der Waals surface area contributed by atoms with E-state index in [0.717, 1.165) is 42.5 Å². The second-order valence-corrected chi connectivity index (χ2v) is 9.29. The van der Waals surface area contributed by atoms with E-state index < -0.39 is 10.0 Å². The van der Waals surface area contributed by atoms with Gasteiger partial charge in [-0.05, 0) is 68.5 Å². The number of rotatable bonds is 5. The van der Waals surface area contributed by atoms with Gasteiger partial charge in [0.15, 0.2) is 0 Å². The summed E-state index contributed by atoms with van der Waals surface area (Å²) >= 11 is 0. The molecule has 0 aliphatic carbocycles. The molecule has 1 amide bonds. The summed E-state index contributed by atoms with van der Waals surface area (Å²) < 4.78 is 27.4. The molecule has 28 heavy (non-hydrogen) atoms. The summed E-state index contributed by atoms with van der Waals surface area (Å²) in [5.74, 6) is -0.237. The first-order valence-electron chi connectivity index (χ1n) is 9.86. The third-order valence-electron chi connectivity index (χ3n) is 5.44. The lowest BCUT2D eigenvalue weighted by Crippen LogP contribution is -2.41. The second kappa shape index (κ2) is 8.45. The standard InChI is InChI=1S/C22H28N2O3S/c1-4-18-10-7-8-16(2)21(18)23-22(25)19-11-13-20(14-12-19)28(26,27)24-15-6-5-9-17(24)3/h7-8,10-14,17H,4-6,9,15H2,1-3H3,(H,23,25)/t17-/m1/s1. The van der Waals surface area contributed by atoms with Crippen LogP contribution in [0.5, 0.6) is 0 Å². The fourth-order valence-electron chi connectivity index (χ4n) is 3.73. The molecule has 0 spiro atoms. The van der Waals surface area contributed by atoms with Gasteiger partial charge in [-0.15, -0.1) is 0 Å². The van der Waals surface area contributed by atoms with Gasteiger partial charge in [0, 0.05) is 23.8 Å². The molecule has 0 aromatic heterocycles. The van der Waals surface area contributed by atoms with Gasteiger partial charge in [0.1, 0.15) is 0 Å². The first-order chi connectivity index (χ1) is 13.3. The molecule has 0 saturated carbocycles. The van der Waals surface area contributed by atoms with Gasteiger partial charge in [-0.25, -0.2) is 8.42 Å². The third-order valence-corrected chi connectivity index (χ3v) is 7.47. The Bertz CT molecular complexity index is 952. The van der Waals surface area contributed by atoms with Crippen LogP contribution in [0.1, 0.15) is 54.6 Å². The van der Waals surface area contributed by atoms with Crippen LogP contribution >= 0.6 is 0 Å². The van der Waals surface area contributed by atoms with Crippen molar-refractivity contribution in [1.82, 2.24) is 4.31 Å². The van der Waals surface area contributed by atoms with Crippen molar-refractivity contribution in [2.45, 2.75) is 57.4 Å². The topological polar surface area (TPSA) is 66.5 Å². The van der Waals surface area contributed by atoms with E-state index >= 15 is 0 Å². The summed E-state index contributed by atoms with van der Waals surface area (Å²) in [5.41, 5.74) is 3.35. The smallest absolute Gasteiger partial charge is 0.255 e. The normalized spacial score (nSPS) is 18.0. The second-order valence-electron chi connectivity index (χ2n) is 7.40. The lowest BCUT2D eigenvalue weighted by atomic mass is 10.1. The summed E-state index contributed by atoms with van der Waals surface area (Å²) in [5, 5.41) is 2.98. The molecule has 2 aromatic rings. The van der Waals surface area contributed by atoms with Gasteiger partial charge in [-0.1, -0.05) is 31.5 Å². The third kappa shape index (κ3) is 4.13. The maximum atomic E-state index is 12.9. The fraction of sp³-hybridized carbons (Fsp3) is 0.409. The number of sulfonamides is 1. The Morgan fingerprint density at radius 3 is 2.50 bits per heavy atom. The minimum Gasteiger partial charge on any atom is -0.321 e. The van der Waals surface area contributed by atoms with Gasteiger partial charge < -0.3 is 5.32 Å². The van der Waals surface area contributed by atoms with E-state index in [1.165, 1.54) is 12.1 Å². The summed E-state index contributed by atoms with van der Waals surface area (Å²) in [6.07, 6.45) is 3.66. The van der Waals surface area contributed by atoms with E-state index in [0.29, 0.717) is 12.1 Å². The molecule has 0 unspecified atom stereocenters. The Morgan fingerprint density at radius 1 is 1.14 bits per heavy atom. The van der Waals surface area contributed by atoms with Crippen LogP contribution in [0.4, 0.5) is 5.69 Å². The van der Waals surface area contributed by atoms with Gasteiger partial charge in [-0.3, -0.25) is 4.79 Å². The first kappa shape index (κ1) is 20.6. The Kier molecular flexibility index (Phi) is 6.20. The largest absolute Gasteiger partial charge is 0.321 e. The zero-order valence-corrected chi connectivity index (χ0v) is 17.6. The molecule has 5 nitrogen and oxygen atoms in total. The molecule has 0 radical (unpaired) electrons. The number of nitrogens with one attached hydrogen (secondary N) is 1. The molecule has 1 atom stereocenters. The highest BCUT2D eigenvalue weighted by molar-refractivity contribution is 7.89. The maximum Gasteiger partial charge on any atom is 0.255 e. The van der Waals surface area contributed by atoms with Crippen LogP contribution in [-0.4, -0.2) is 31.2 Å². The summed E-state index contributed by atoms with van der Waals surface area (Å²) in [4.78, 5) is 12.9. The van der Waals surface area contributed by atoms with E-state index in [-0.39, 0.29) is 16.8 Å². The van der Waals surface area contributed by atoms with E-state index in [4.69, 9.17) is 0 Å². The van der Waals surface area contributed by atoms with Crippen molar-refractivity contribution in [3.05, 3.63) is 59.2 Å². The number of nitrogens with zero attached hydrogens (tertiary/aromatic N) is 1. The lowest BCUT2D eigenvalue weighted by Gasteiger charge is -2.32. The van der Waals surface area contributed by atoms with E-state index in [1.54, 1.807) is 16.4 Å². The van der Waals surface area contributed by atoms with Crippen molar-refractivity contribution in [2.24, 2.45) is 0 Å². The van der Waals surface area contributed by atoms with Crippen LogP contribution in [0.3, 0.4) is 0 Å².